The number of aryl methyl sites for hydroxylation is 2. The van der Waals surface area contributed by atoms with Crippen molar-refractivity contribution in [1.82, 2.24) is 5.32 Å². The van der Waals surface area contributed by atoms with Crippen LogP contribution in [-0.4, -0.2) is 23.0 Å². The van der Waals surface area contributed by atoms with Gasteiger partial charge in [0.15, 0.2) is 0 Å². The van der Waals surface area contributed by atoms with Crippen LogP contribution in [0, 0.1) is 5.92 Å². The molecule has 0 aliphatic heterocycles. The maximum atomic E-state index is 12.3. The van der Waals surface area contributed by atoms with Crippen LogP contribution in [0.15, 0.2) is 6.07 Å². The summed E-state index contributed by atoms with van der Waals surface area (Å²) in [5.74, 6) is -1.34. The van der Waals surface area contributed by atoms with Gasteiger partial charge in [0.2, 0.25) is 0 Å². The fourth-order valence-corrected chi connectivity index (χ4v) is 3.47. The Morgan fingerprint density at radius 3 is 2.48 bits per heavy atom. The van der Waals surface area contributed by atoms with Gasteiger partial charge in [-0.25, -0.2) is 4.79 Å². The molecule has 0 aliphatic carbocycles. The molecular formula is C16H25NO3S. The van der Waals surface area contributed by atoms with Gasteiger partial charge in [0, 0.05) is 4.88 Å². The van der Waals surface area contributed by atoms with Crippen molar-refractivity contribution in [3.05, 3.63) is 21.4 Å². The lowest BCUT2D eigenvalue weighted by Crippen LogP contribution is -2.44. The lowest BCUT2D eigenvalue weighted by molar-refractivity contribution is -0.140. The van der Waals surface area contributed by atoms with E-state index in [2.05, 4.69) is 19.2 Å². The van der Waals surface area contributed by atoms with Crippen LogP contribution in [-0.2, 0) is 17.6 Å². The van der Waals surface area contributed by atoms with Crippen molar-refractivity contribution in [1.29, 1.82) is 0 Å². The number of amides is 1. The third-order valence-corrected chi connectivity index (χ3v) is 4.98. The number of hydrogen-bond acceptors (Lipinski definition) is 3. The van der Waals surface area contributed by atoms with Crippen molar-refractivity contribution >= 4 is 23.2 Å². The highest BCUT2D eigenvalue weighted by molar-refractivity contribution is 7.14. The van der Waals surface area contributed by atoms with E-state index in [1.54, 1.807) is 0 Å². The molecule has 2 atom stereocenters. The van der Waals surface area contributed by atoms with Gasteiger partial charge in [-0.3, -0.25) is 4.79 Å². The third-order valence-electron chi connectivity index (χ3n) is 3.74. The minimum Gasteiger partial charge on any atom is -0.480 e. The molecule has 5 heteroatoms. The number of rotatable bonds is 8. The quantitative estimate of drug-likeness (QED) is 0.772. The van der Waals surface area contributed by atoms with Gasteiger partial charge in [-0.15, -0.1) is 11.3 Å². The van der Waals surface area contributed by atoms with E-state index in [0.717, 1.165) is 19.3 Å². The monoisotopic (exact) mass is 311 g/mol. The number of aliphatic carboxylic acids is 1. The Morgan fingerprint density at radius 1 is 1.33 bits per heavy atom. The summed E-state index contributed by atoms with van der Waals surface area (Å²) in [7, 11) is 0. The lowest BCUT2D eigenvalue weighted by Gasteiger charge is -2.19. The SMILES string of the molecule is CCCc1sc(C(=O)N[C@H](C(=O)O)C(C)CC)cc1CC. The topological polar surface area (TPSA) is 66.4 Å². The first kappa shape index (κ1) is 17.7. The van der Waals surface area contributed by atoms with E-state index in [4.69, 9.17) is 0 Å². The molecule has 0 aliphatic rings. The zero-order valence-corrected chi connectivity index (χ0v) is 14.0. The molecule has 1 amide bonds. The standard InChI is InChI=1S/C16H25NO3S/c1-5-8-12-11(7-3)9-13(21-12)15(18)17-14(16(19)20)10(4)6-2/h9-10,14H,5-8H2,1-4H3,(H,17,18)(H,19,20)/t10?,14-/m0/s1. The molecule has 1 rings (SSSR count). The first-order valence-electron chi connectivity index (χ1n) is 7.59. The molecule has 1 unspecified atom stereocenters. The van der Waals surface area contributed by atoms with Gasteiger partial charge in [-0.2, -0.15) is 0 Å². The van der Waals surface area contributed by atoms with E-state index in [9.17, 15) is 14.7 Å². The third kappa shape index (κ3) is 4.56. The van der Waals surface area contributed by atoms with E-state index in [-0.39, 0.29) is 11.8 Å². The Balaban J connectivity index is 2.90. The number of carbonyl (C=O) groups is 2. The summed E-state index contributed by atoms with van der Waals surface area (Å²) in [5.41, 5.74) is 1.20. The molecule has 0 aromatic carbocycles. The summed E-state index contributed by atoms with van der Waals surface area (Å²) < 4.78 is 0. The van der Waals surface area contributed by atoms with E-state index in [0.29, 0.717) is 11.3 Å². The summed E-state index contributed by atoms with van der Waals surface area (Å²) in [5, 5.41) is 11.9. The van der Waals surface area contributed by atoms with Crippen molar-refractivity contribution in [2.45, 2.75) is 59.4 Å². The van der Waals surface area contributed by atoms with Crippen LogP contribution in [0.5, 0.6) is 0 Å². The van der Waals surface area contributed by atoms with Crippen molar-refractivity contribution in [2.75, 3.05) is 0 Å². The maximum Gasteiger partial charge on any atom is 0.326 e. The molecule has 1 aromatic rings. The molecule has 0 saturated heterocycles. The van der Waals surface area contributed by atoms with Gasteiger partial charge in [-0.05, 0) is 30.4 Å². The van der Waals surface area contributed by atoms with E-state index in [1.165, 1.54) is 21.8 Å². The predicted octanol–water partition coefficient (Wildman–Crippen LogP) is 3.49. The second kappa shape index (κ2) is 8.17. The number of nitrogens with one attached hydrogen (secondary N) is 1. The molecule has 2 N–H and O–H groups in total. The highest BCUT2D eigenvalue weighted by Gasteiger charge is 2.26. The number of hydrogen-bond donors (Lipinski definition) is 2. The Bertz CT molecular complexity index is 496. The van der Waals surface area contributed by atoms with Gasteiger partial charge in [-0.1, -0.05) is 40.5 Å². The molecule has 21 heavy (non-hydrogen) atoms. The van der Waals surface area contributed by atoms with Gasteiger partial charge in [0.05, 0.1) is 4.88 Å². The molecule has 118 valence electrons. The van der Waals surface area contributed by atoms with Crippen LogP contribution < -0.4 is 5.32 Å². The normalized spacial score (nSPS) is 13.7. The summed E-state index contributed by atoms with van der Waals surface area (Å²) in [6, 6.07) is 1.07. The van der Waals surface area contributed by atoms with Crippen LogP contribution in [0.1, 0.15) is 60.6 Å². The van der Waals surface area contributed by atoms with Crippen molar-refractivity contribution < 1.29 is 14.7 Å². The first-order valence-corrected chi connectivity index (χ1v) is 8.41. The number of carbonyl (C=O) groups excluding carboxylic acids is 1. The second-order valence-electron chi connectivity index (χ2n) is 5.34. The molecule has 4 nitrogen and oxygen atoms in total. The maximum absolute atomic E-state index is 12.3. The lowest BCUT2D eigenvalue weighted by atomic mass is 9.99. The van der Waals surface area contributed by atoms with Gasteiger partial charge < -0.3 is 10.4 Å². The Labute approximate surface area is 130 Å². The number of thiophene rings is 1. The van der Waals surface area contributed by atoms with Gasteiger partial charge >= 0.3 is 5.97 Å². The summed E-state index contributed by atoms with van der Waals surface area (Å²) in [6.07, 6.45) is 3.61. The number of carboxylic acids is 1. The smallest absolute Gasteiger partial charge is 0.326 e. The minimum atomic E-state index is -0.973. The van der Waals surface area contributed by atoms with E-state index in [1.807, 2.05) is 19.9 Å². The minimum absolute atomic E-state index is 0.0906. The molecule has 0 fully saturated rings. The van der Waals surface area contributed by atoms with Crippen LogP contribution in [0.3, 0.4) is 0 Å². The zero-order chi connectivity index (χ0) is 16.0. The Morgan fingerprint density at radius 2 is 2.00 bits per heavy atom. The average Bonchev–Trinajstić information content (AvgIpc) is 2.87. The van der Waals surface area contributed by atoms with Crippen molar-refractivity contribution in [3.63, 3.8) is 0 Å². The average molecular weight is 311 g/mol. The Hall–Kier alpha value is -1.36. The Kier molecular flexibility index (Phi) is 6.89. The van der Waals surface area contributed by atoms with Crippen molar-refractivity contribution in [3.8, 4) is 0 Å². The van der Waals surface area contributed by atoms with Crippen LogP contribution >= 0.6 is 11.3 Å². The fourth-order valence-electron chi connectivity index (χ4n) is 2.21. The number of carboxylic acid groups (broad SMARTS) is 1. The van der Waals surface area contributed by atoms with Crippen LogP contribution in [0.4, 0.5) is 0 Å². The first-order chi connectivity index (χ1) is 9.94. The van der Waals surface area contributed by atoms with Crippen LogP contribution in [0.2, 0.25) is 0 Å². The summed E-state index contributed by atoms with van der Waals surface area (Å²) >= 11 is 1.48. The summed E-state index contributed by atoms with van der Waals surface area (Å²) in [6.45, 7) is 7.95. The fraction of sp³-hybridized carbons (Fsp3) is 0.625. The molecule has 0 spiro atoms. The van der Waals surface area contributed by atoms with E-state index < -0.39 is 12.0 Å². The van der Waals surface area contributed by atoms with Gasteiger partial charge in [0.1, 0.15) is 6.04 Å². The molecule has 0 saturated carbocycles. The van der Waals surface area contributed by atoms with Gasteiger partial charge in [0.25, 0.3) is 5.91 Å². The molecular weight excluding hydrogens is 286 g/mol. The van der Waals surface area contributed by atoms with Crippen LogP contribution in [0.25, 0.3) is 0 Å². The zero-order valence-electron chi connectivity index (χ0n) is 13.2. The predicted molar refractivity (Wildman–Crippen MR) is 86.0 cm³/mol. The molecule has 1 aromatic heterocycles. The van der Waals surface area contributed by atoms with E-state index >= 15 is 0 Å². The highest BCUT2D eigenvalue weighted by Crippen LogP contribution is 2.25. The molecule has 1 heterocycles. The van der Waals surface area contributed by atoms with Crippen molar-refractivity contribution in [2.24, 2.45) is 5.92 Å². The molecule has 0 radical (unpaired) electrons. The molecule has 0 bridgehead atoms. The summed E-state index contributed by atoms with van der Waals surface area (Å²) in [4.78, 5) is 25.4. The largest absolute Gasteiger partial charge is 0.480 e. The highest BCUT2D eigenvalue weighted by atomic mass is 32.1. The second-order valence-corrected chi connectivity index (χ2v) is 6.47.